The van der Waals surface area contributed by atoms with Crippen molar-refractivity contribution in [1.82, 2.24) is 10.6 Å². The van der Waals surface area contributed by atoms with Crippen molar-refractivity contribution in [2.45, 2.75) is 38.8 Å². The van der Waals surface area contributed by atoms with E-state index in [-0.39, 0.29) is 12.8 Å². The van der Waals surface area contributed by atoms with Crippen molar-refractivity contribution < 1.29 is 23.5 Å². The predicted molar refractivity (Wildman–Crippen MR) is 91.0 cm³/mol. The fourth-order valence-electron chi connectivity index (χ4n) is 2.39. The van der Waals surface area contributed by atoms with Crippen molar-refractivity contribution in [2.75, 3.05) is 7.11 Å². The molecule has 0 heterocycles. The molecule has 8 heteroatoms. The molecule has 1 rings (SSSR count). The number of nitriles is 1. The lowest BCUT2D eigenvalue weighted by Gasteiger charge is -2.24. The monoisotopic (exact) mass is 363 g/mol. The molecule has 140 valence electrons. The molecule has 0 spiro atoms. The third-order valence-electron chi connectivity index (χ3n) is 3.78. The van der Waals surface area contributed by atoms with Crippen LogP contribution in [0.3, 0.4) is 0 Å². The van der Waals surface area contributed by atoms with Gasteiger partial charge in [0.15, 0.2) is 0 Å². The van der Waals surface area contributed by atoms with Crippen LogP contribution in [-0.2, 0) is 25.5 Å². The molecular formula is C18H22FN3O4. The molecule has 7 nitrogen and oxygen atoms in total. The molecule has 0 saturated heterocycles. The largest absolute Gasteiger partial charge is 0.467 e. The van der Waals surface area contributed by atoms with Crippen LogP contribution in [0.1, 0.15) is 25.8 Å². The maximum absolute atomic E-state index is 13.0. The SMILES string of the molecule is COC(=O)[C@@H](NC(=O)[C@@H](Cc1ccc(F)cc1)NC(C)=O)[C@@H](C)CC#N. The Morgan fingerprint density at radius 3 is 2.35 bits per heavy atom. The second-order valence-corrected chi connectivity index (χ2v) is 5.93. The van der Waals surface area contributed by atoms with Crippen molar-refractivity contribution >= 4 is 17.8 Å². The third-order valence-corrected chi connectivity index (χ3v) is 3.78. The summed E-state index contributed by atoms with van der Waals surface area (Å²) in [6.45, 7) is 2.90. The molecule has 0 aliphatic carbocycles. The number of hydrogen-bond donors (Lipinski definition) is 2. The maximum Gasteiger partial charge on any atom is 0.328 e. The van der Waals surface area contributed by atoms with Crippen LogP contribution < -0.4 is 10.6 Å². The van der Waals surface area contributed by atoms with Gasteiger partial charge in [0, 0.05) is 25.7 Å². The smallest absolute Gasteiger partial charge is 0.328 e. The molecule has 0 saturated carbocycles. The minimum atomic E-state index is -1.02. The minimum absolute atomic E-state index is 0.0445. The Morgan fingerprint density at radius 1 is 1.23 bits per heavy atom. The number of rotatable bonds is 8. The molecule has 2 amide bonds. The Kier molecular flexibility index (Phi) is 8.22. The molecule has 0 radical (unpaired) electrons. The molecule has 1 aromatic rings. The highest BCUT2D eigenvalue weighted by Gasteiger charge is 2.30. The van der Waals surface area contributed by atoms with Crippen LogP contribution in [-0.4, -0.2) is 37.0 Å². The first-order valence-corrected chi connectivity index (χ1v) is 8.05. The summed E-state index contributed by atoms with van der Waals surface area (Å²) in [7, 11) is 1.18. The Bertz CT molecular complexity index is 685. The number of ether oxygens (including phenoxy) is 1. The van der Waals surface area contributed by atoms with E-state index < -0.39 is 41.6 Å². The molecule has 26 heavy (non-hydrogen) atoms. The summed E-state index contributed by atoms with van der Waals surface area (Å²) in [6.07, 6.45) is 0.162. The van der Waals surface area contributed by atoms with E-state index >= 15 is 0 Å². The van der Waals surface area contributed by atoms with Gasteiger partial charge in [-0.25, -0.2) is 9.18 Å². The highest BCUT2D eigenvalue weighted by molar-refractivity contribution is 5.90. The third kappa shape index (κ3) is 6.51. The van der Waals surface area contributed by atoms with E-state index in [1.54, 1.807) is 6.92 Å². The molecule has 1 aromatic carbocycles. The Labute approximate surface area is 151 Å². The van der Waals surface area contributed by atoms with Crippen molar-refractivity contribution in [3.05, 3.63) is 35.6 Å². The van der Waals surface area contributed by atoms with Gasteiger partial charge in [-0.05, 0) is 17.7 Å². The van der Waals surface area contributed by atoms with Crippen LogP contribution in [0, 0.1) is 23.1 Å². The van der Waals surface area contributed by atoms with Crippen molar-refractivity contribution in [3.63, 3.8) is 0 Å². The molecule has 3 atom stereocenters. The second-order valence-electron chi connectivity index (χ2n) is 5.93. The van der Waals surface area contributed by atoms with Gasteiger partial charge >= 0.3 is 5.97 Å². The first-order chi connectivity index (χ1) is 12.3. The predicted octanol–water partition coefficient (Wildman–Crippen LogP) is 1.08. The van der Waals surface area contributed by atoms with Crippen molar-refractivity contribution in [2.24, 2.45) is 5.92 Å². The molecule has 0 aliphatic rings. The number of esters is 1. The van der Waals surface area contributed by atoms with Gasteiger partial charge in [-0.3, -0.25) is 9.59 Å². The number of benzene rings is 1. The lowest BCUT2D eigenvalue weighted by atomic mass is 9.97. The van der Waals surface area contributed by atoms with Crippen molar-refractivity contribution in [1.29, 1.82) is 5.26 Å². The van der Waals surface area contributed by atoms with Crippen molar-refractivity contribution in [3.8, 4) is 6.07 Å². The second kappa shape index (κ2) is 10.1. The number of hydrogen-bond acceptors (Lipinski definition) is 5. The van der Waals surface area contributed by atoms with Crippen LogP contribution in [0.25, 0.3) is 0 Å². The van der Waals surface area contributed by atoms with Gasteiger partial charge in [-0.2, -0.15) is 5.26 Å². The molecule has 2 N–H and O–H groups in total. The zero-order valence-corrected chi connectivity index (χ0v) is 14.9. The fraction of sp³-hybridized carbons (Fsp3) is 0.444. The Balaban J connectivity index is 2.95. The Hall–Kier alpha value is -2.95. The summed E-state index contributed by atoms with van der Waals surface area (Å²) in [5.41, 5.74) is 0.639. The highest BCUT2D eigenvalue weighted by atomic mass is 19.1. The lowest BCUT2D eigenvalue weighted by Crippen LogP contribution is -2.54. The van der Waals surface area contributed by atoms with Gasteiger partial charge in [-0.1, -0.05) is 19.1 Å². The summed E-state index contributed by atoms with van der Waals surface area (Å²) < 4.78 is 17.7. The maximum atomic E-state index is 13.0. The summed E-state index contributed by atoms with van der Waals surface area (Å²) >= 11 is 0. The van der Waals surface area contributed by atoms with E-state index in [9.17, 15) is 18.8 Å². The van der Waals surface area contributed by atoms with E-state index in [1.807, 2.05) is 6.07 Å². The van der Waals surface area contributed by atoms with Crippen LogP contribution in [0.15, 0.2) is 24.3 Å². The van der Waals surface area contributed by atoms with E-state index in [4.69, 9.17) is 5.26 Å². The number of carbonyl (C=O) groups excluding carboxylic acids is 3. The molecular weight excluding hydrogens is 341 g/mol. The van der Waals surface area contributed by atoms with Gasteiger partial charge in [0.1, 0.15) is 17.9 Å². The lowest BCUT2D eigenvalue weighted by molar-refractivity contribution is -0.146. The van der Waals surface area contributed by atoms with E-state index in [2.05, 4.69) is 15.4 Å². The average molecular weight is 363 g/mol. The van der Waals surface area contributed by atoms with Crippen LogP contribution in [0.5, 0.6) is 0 Å². The number of halogens is 1. The van der Waals surface area contributed by atoms with Gasteiger partial charge in [-0.15, -0.1) is 0 Å². The molecule has 0 aromatic heterocycles. The van der Waals surface area contributed by atoms with Gasteiger partial charge < -0.3 is 15.4 Å². The number of amides is 2. The summed E-state index contributed by atoms with van der Waals surface area (Å²) in [4.78, 5) is 36.0. The standard InChI is InChI=1S/C18H22FN3O4/c1-11(8-9-20)16(18(25)26-3)22-17(24)15(21-12(2)23)10-13-4-6-14(19)7-5-13/h4-7,11,15-16H,8,10H2,1-3H3,(H,21,23)(H,22,24)/t11-,15+,16-/m0/s1. The first-order valence-electron chi connectivity index (χ1n) is 8.05. The van der Waals surface area contributed by atoms with Crippen LogP contribution in [0.4, 0.5) is 4.39 Å². The van der Waals surface area contributed by atoms with E-state index in [0.29, 0.717) is 5.56 Å². The number of nitrogens with zero attached hydrogens (tertiary/aromatic N) is 1. The highest BCUT2D eigenvalue weighted by Crippen LogP contribution is 2.11. The molecule has 0 unspecified atom stereocenters. The topological polar surface area (TPSA) is 108 Å². The molecule has 0 aliphatic heterocycles. The van der Waals surface area contributed by atoms with E-state index in [1.165, 1.54) is 38.3 Å². The number of nitrogens with one attached hydrogen (secondary N) is 2. The van der Waals surface area contributed by atoms with E-state index in [0.717, 1.165) is 0 Å². The van der Waals surface area contributed by atoms with Gasteiger partial charge in [0.05, 0.1) is 13.2 Å². The van der Waals surface area contributed by atoms with Gasteiger partial charge in [0.2, 0.25) is 11.8 Å². The minimum Gasteiger partial charge on any atom is -0.467 e. The number of methoxy groups -OCH3 is 1. The quantitative estimate of drug-likeness (QED) is 0.672. The summed E-state index contributed by atoms with van der Waals surface area (Å²) in [5.74, 6) is -2.58. The zero-order chi connectivity index (χ0) is 19.7. The normalized spacial score (nSPS) is 13.7. The fourth-order valence-corrected chi connectivity index (χ4v) is 2.39. The first kappa shape index (κ1) is 21.1. The van der Waals surface area contributed by atoms with Crippen LogP contribution >= 0.6 is 0 Å². The molecule has 0 fully saturated rings. The number of carbonyl (C=O) groups is 3. The average Bonchev–Trinajstić information content (AvgIpc) is 2.59. The van der Waals surface area contributed by atoms with Crippen LogP contribution in [0.2, 0.25) is 0 Å². The zero-order valence-electron chi connectivity index (χ0n) is 14.9. The van der Waals surface area contributed by atoms with Gasteiger partial charge in [0.25, 0.3) is 0 Å². The summed E-state index contributed by atoms with van der Waals surface area (Å²) in [5, 5.41) is 13.9. The Morgan fingerprint density at radius 2 is 1.85 bits per heavy atom. The summed E-state index contributed by atoms with van der Waals surface area (Å²) in [6, 6.07) is 5.49. The molecule has 0 bridgehead atoms.